The summed E-state index contributed by atoms with van der Waals surface area (Å²) in [5, 5.41) is 2.73. The summed E-state index contributed by atoms with van der Waals surface area (Å²) in [6.45, 7) is 0.471. The minimum atomic E-state index is -3.75. The minimum absolute atomic E-state index is 0.0196. The lowest BCUT2D eigenvalue weighted by atomic mass is 10.1. The van der Waals surface area contributed by atoms with Gasteiger partial charge in [0.05, 0.1) is 4.90 Å². The first-order valence-corrected chi connectivity index (χ1v) is 10.6. The average Bonchev–Trinajstić information content (AvgIpc) is 2.73. The number of carbonyl (C=O) groups excluding carboxylic acids is 1. The first-order valence-electron chi connectivity index (χ1n) is 9.10. The van der Waals surface area contributed by atoms with Crippen LogP contribution < -0.4 is 10.0 Å². The van der Waals surface area contributed by atoms with Gasteiger partial charge in [0.25, 0.3) is 5.91 Å². The monoisotopic (exact) mass is 412 g/mol. The predicted octanol–water partition coefficient (Wildman–Crippen LogP) is 3.28. The Morgan fingerprint density at radius 1 is 0.862 bits per heavy atom. The largest absolute Gasteiger partial charge is 0.352 e. The fourth-order valence-electron chi connectivity index (χ4n) is 2.78. The molecule has 0 fully saturated rings. The zero-order chi connectivity index (χ0) is 20.7. The average molecular weight is 412 g/mol. The molecule has 0 atom stereocenters. The molecule has 3 aromatic rings. The van der Waals surface area contributed by atoms with Crippen molar-refractivity contribution < 1.29 is 17.6 Å². The molecule has 3 rings (SSSR count). The smallest absolute Gasteiger partial charge is 0.251 e. The number of halogens is 1. The standard InChI is InChI=1S/C22H21FN2O3S/c23-20-10-4-8-17(14-20)12-13-24-22(26)19-9-5-11-21(15-19)29(27,28)25-16-18-6-2-1-3-7-18/h1-11,14-15,25H,12-13,16H2,(H,24,26). The maximum Gasteiger partial charge on any atom is 0.251 e. The van der Waals surface area contributed by atoms with E-state index >= 15 is 0 Å². The number of hydrogen-bond donors (Lipinski definition) is 2. The van der Waals surface area contributed by atoms with Gasteiger partial charge in [-0.2, -0.15) is 0 Å². The highest BCUT2D eigenvalue weighted by atomic mass is 32.2. The molecule has 0 radical (unpaired) electrons. The van der Waals surface area contributed by atoms with Gasteiger partial charge in [-0.05, 0) is 47.9 Å². The topological polar surface area (TPSA) is 75.3 Å². The molecule has 7 heteroatoms. The molecule has 29 heavy (non-hydrogen) atoms. The van der Waals surface area contributed by atoms with E-state index in [0.717, 1.165) is 11.1 Å². The van der Waals surface area contributed by atoms with E-state index in [0.29, 0.717) is 13.0 Å². The van der Waals surface area contributed by atoms with Crippen molar-refractivity contribution in [2.45, 2.75) is 17.9 Å². The van der Waals surface area contributed by atoms with Gasteiger partial charge in [0, 0.05) is 18.7 Å². The van der Waals surface area contributed by atoms with Gasteiger partial charge in [0.15, 0.2) is 0 Å². The maximum atomic E-state index is 13.2. The Morgan fingerprint density at radius 2 is 1.59 bits per heavy atom. The van der Waals surface area contributed by atoms with Crippen LogP contribution in [0.15, 0.2) is 83.8 Å². The lowest BCUT2D eigenvalue weighted by Gasteiger charge is -2.09. The van der Waals surface area contributed by atoms with Crippen LogP contribution >= 0.6 is 0 Å². The lowest BCUT2D eigenvalue weighted by molar-refractivity contribution is 0.0954. The van der Waals surface area contributed by atoms with E-state index in [1.165, 1.54) is 30.3 Å². The molecule has 0 saturated carbocycles. The number of nitrogens with one attached hydrogen (secondary N) is 2. The van der Waals surface area contributed by atoms with Gasteiger partial charge in [-0.1, -0.05) is 48.5 Å². The third-order valence-electron chi connectivity index (χ3n) is 4.30. The Morgan fingerprint density at radius 3 is 2.34 bits per heavy atom. The summed E-state index contributed by atoms with van der Waals surface area (Å²) in [7, 11) is -3.75. The van der Waals surface area contributed by atoms with Gasteiger partial charge in [0.2, 0.25) is 10.0 Å². The molecular weight excluding hydrogens is 391 g/mol. The third kappa shape index (κ3) is 5.97. The SMILES string of the molecule is O=C(NCCc1cccc(F)c1)c1cccc(S(=O)(=O)NCc2ccccc2)c1. The van der Waals surface area contributed by atoms with Crippen molar-refractivity contribution in [3.63, 3.8) is 0 Å². The van der Waals surface area contributed by atoms with Gasteiger partial charge >= 0.3 is 0 Å². The Balaban J connectivity index is 1.61. The Bertz CT molecular complexity index is 1090. The van der Waals surface area contributed by atoms with Crippen molar-refractivity contribution in [1.82, 2.24) is 10.0 Å². The summed E-state index contributed by atoms with van der Waals surface area (Å²) in [4.78, 5) is 12.4. The first kappa shape index (κ1) is 20.7. The van der Waals surface area contributed by atoms with Crippen LogP contribution in [0.4, 0.5) is 4.39 Å². The molecule has 3 aromatic carbocycles. The number of sulfonamides is 1. The highest BCUT2D eigenvalue weighted by Gasteiger charge is 2.16. The lowest BCUT2D eigenvalue weighted by Crippen LogP contribution is -2.27. The minimum Gasteiger partial charge on any atom is -0.352 e. The summed E-state index contributed by atoms with van der Waals surface area (Å²) in [6.07, 6.45) is 0.472. The third-order valence-corrected chi connectivity index (χ3v) is 5.70. The molecule has 2 N–H and O–H groups in total. The van der Waals surface area contributed by atoms with Crippen LogP contribution in [0.3, 0.4) is 0 Å². The summed E-state index contributed by atoms with van der Waals surface area (Å²) in [6, 6.07) is 21.2. The molecule has 0 heterocycles. The zero-order valence-electron chi connectivity index (χ0n) is 15.6. The second kappa shape index (κ2) is 9.45. The molecule has 150 valence electrons. The molecule has 0 spiro atoms. The van der Waals surface area contributed by atoms with Crippen molar-refractivity contribution in [2.75, 3.05) is 6.54 Å². The predicted molar refractivity (Wildman–Crippen MR) is 109 cm³/mol. The van der Waals surface area contributed by atoms with Crippen LogP contribution in [0.25, 0.3) is 0 Å². The van der Waals surface area contributed by atoms with E-state index < -0.39 is 10.0 Å². The molecule has 0 aromatic heterocycles. The van der Waals surface area contributed by atoms with Gasteiger partial charge in [-0.25, -0.2) is 17.5 Å². The molecule has 0 unspecified atom stereocenters. The fraction of sp³-hybridized carbons (Fsp3) is 0.136. The number of benzene rings is 3. The Labute approximate surface area is 169 Å². The molecule has 0 aliphatic rings. The molecule has 0 bridgehead atoms. The van der Waals surface area contributed by atoms with Crippen molar-refractivity contribution in [3.8, 4) is 0 Å². The van der Waals surface area contributed by atoms with E-state index in [1.807, 2.05) is 30.3 Å². The maximum absolute atomic E-state index is 13.2. The molecule has 0 aliphatic carbocycles. The summed E-state index contributed by atoms with van der Waals surface area (Å²) in [5.74, 6) is -0.712. The highest BCUT2D eigenvalue weighted by Crippen LogP contribution is 2.13. The van der Waals surface area contributed by atoms with Crippen LogP contribution in [0.2, 0.25) is 0 Å². The van der Waals surface area contributed by atoms with Gasteiger partial charge in [-0.15, -0.1) is 0 Å². The number of carbonyl (C=O) groups is 1. The Hall–Kier alpha value is -3.03. The highest BCUT2D eigenvalue weighted by molar-refractivity contribution is 7.89. The van der Waals surface area contributed by atoms with E-state index in [-0.39, 0.29) is 28.7 Å². The quantitative estimate of drug-likeness (QED) is 0.596. The van der Waals surface area contributed by atoms with E-state index in [9.17, 15) is 17.6 Å². The molecular formula is C22H21FN2O3S. The Kier molecular flexibility index (Phi) is 6.74. The van der Waals surface area contributed by atoms with Crippen LogP contribution in [0, 0.1) is 5.82 Å². The van der Waals surface area contributed by atoms with Crippen molar-refractivity contribution in [2.24, 2.45) is 0 Å². The molecule has 0 saturated heterocycles. The van der Waals surface area contributed by atoms with Crippen molar-refractivity contribution in [1.29, 1.82) is 0 Å². The first-order chi connectivity index (χ1) is 13.9. The van der Waals surface area contributed by atoms with Gasteiger partial charge in [0.1, 0.15) is 5.82 Å². The summed E-state index contributed by atoms with van der Waals surface area (Å²) in [5.41, 5.74) is 1.85. The fourth-order valence-corrected chi connectivity index (χ4v) is 3.84. The van der Waals surface area contributed by atoms with Crippen LogP contribution in [0.1, 0.15) is 21.5 Å². The molecule has 1 amide bonds. The van der Waals surface area contributed by atoms with Gasteiger partial charge < -0.3 is 5.32 Å². The van der Waals surface area contributed by atoms with Crippen molar-refractivity contribution >= 4 is 15.9 Å². The number of rotatable bonds is 8. The number of amides is 1. The van der Waals surface area contributed by atoms with E-state index in [2.05, 4.69) is 10.0 Å². The van der Waals surface area contributed by atoms with Crippen LogP contribution in [0.5, 0.6) is 0 Å². The van der Waals surface area contributed by atoms with E-state index in [1.54, 1.807) is 18.2 Å². The van der Waals surface area contributed by atoms with Gasteiger partial charge in [-0.3, -0.25) is 4.79 Å². The molecule has 0 aliphatic heterocycles. The van der Waals surface area contributed by atoms with Crippen LogP contribution in [-0.4, -0.2) is 20.9 Å². The van der Waals surface area contributed by atoms with Crippen LogP contribution in [-0.2, 0) is 23.0 Å². The normalized spacial score (nSPS) is 11.2. The second-order valence-electron chi connectivity index (χ2n) is 6.47. The summed E-state index contributed by atoms with van der Waals surface area (Å²) >= 11 is 0. The van der Waals surface area contributed by atoms with Crippen molar-refractivity contribution in [3.05, 3.63) is 101 Å². The number of hydrogen-bond acceptors (Lipinski definition) is 3. The molecule has 5 nitrogen and oxygen atoms in total. The van der Waals surface area contributed by atoms with E-state index in [4.69, 9.17) is 0 Å². The zero-order valence-corrected chi connectivity index (χ0v) is 16.5. The second-order valence-corrected chi connectivity index (χ2v) is 8.24. The summed E-state index contributed by atoms with van der Waals surface area (Å²) < 4.78 is 40.8.